The number of rotatable bonds is 6. The molecule has 7 heteroatoms. The van der Waals surface area contributed by atoms with Crippen LogP contribution in [0.2, 0.25) is 0 Å². The van der Waals surface area contributed by atoms with E-state index >= 15 is 0 Å². The van der Waals surface area contributed by atoms with E-state index in [1.807, 2.05) is 13.0 Å². The quantitative estimate of drug-likeness (QED) is 0.829. The van der Waals surface area contributed by atoms with Crippen LogP contribution >= 0.6 is 15.9 Å². The fraction of sp³-hybridized carbons (Fsp3) is 0.267. The van der Waals surface area contributed by atoms with E-state index in [1.165, 1.54) is 6.07 Å². The van der Waals surface area contributed by atoms with Crippen molar-refractivity contribution in [2.24, 2.45) is 0 Å². The Hall–Kier alpha value is -1.44. The van der Waals surface area contributed by atoms with Gasteiger partial charge < -0.3 is 4.74 Å². The van der Waals surface area contributed by atoms with Crippen molar-refractivity contribution in [2.75, 3.05) is 6.61 Å². The summed E-state index contributed by atoms with van der Waals surface area (Å²) < 4.78 is 34.0. The Labute approximate surface area is 138 Å². The highest BCUT2D eigenvalue weighted by Gasteiger charge is 2.23. The Bertz CT molecular complexity index is 736. The highest BCUT2D eigenvalue weighted by molar-refractivity contribution is 9.10. The van der Waals surface area contributed by atoms with Gasteiger partial charge in [0.2, 0.25) is 10.0 Å². The Balaban J connectivity index is 2.32. The van der Waals surface area contributed by atoms with Gasteiger partial charge in [0.25, 0.3) is 0 Å². The third-order valence-corrected chi connectivity index (χ3v) is 5.07. The van der Waals surface area contributed by atoms with E-state index in [0.29, 0.717) is 16.8 Å². The number of benzene rings is 1. The van der Waals surface area contributed by atoms with Crippen LogP contribution < -0.4 is 9.46 Å². The predicted molar refractivity (Wildman–Crippen MR) is 88.3 cm³/mol. The first kappa shape index (κ1) is 16.9. The molecule has 1 unspecified atom stereocenters. The number of pyridine rings is 1. The van der Waals surface area contributed by atoms with E-state index in [1.54, 1.807) is 37.5 Å². The molecule has 0 bridgehead atoms. The summed E-state index contributed by atoms with van der Waals surface area (Å²) in [4.78, 5) is 4.11. The maximum Gasteiger partial charge on any atom is 0.244 e. The summed E-state index contributed by atoms with van der Waals surface area (Å²) in [6.45, 7) is 3.97. The minimum atomic E-state index is -3.72. The van der Waals surface area contributed by atoms with E-state index < -0.39 is 16.1 Å². The van der Waals surface area contributed by atoms with Gasteiger partial charge in [-0.25, -0.2) is 13.1 Å². The first-order valence-corrected chi connectivity index (χ1v) is 9.06. The summed E-state index contributed by atoms with van der Waals surface area (Å²) >= 11 is 3.29. The minimum Gasteiger partial charge on any atom is -0.492 e. The summed E-state index contributed by atoms with van der Waals surface area (Å²) in [5, 5.41) is 0. The van der Waals surface area contributed by atoms with Crippen LogP contribution in [0.25, 0.3) is 0 Å². The van der Waals surface area contributed by atoms with Gasteiger partial charge in [-0.15, -0.1) is 0 Å². The van der Waals surface area contributed by atoms with Crippen molar-refractivity contribution in [3.05, 3.63) is 52.8 Å². The van der Waals surface area contributed by atoms with Crippen LogP contribution in [0.1, 0.15) is 25.5 Å². The SMILES string of the molecule is CCOc1ccc(Br)cc1S(=O)(=O)NC(C)c1cccnc1. The molecule has 0 fully saturated rings. The van der Waals surface area contributed by atoms with Gasteiger partial charge in [-0.2, -0.15) is 0 Å². The van der Waals surface area contributed by atoms with Gasteiger partial charge in [-0.05, 0) is 43.7 Å². The molecule has 0 aliphatic rings. The molecule has 0 aliphatic heterocycles. The standard InChI is InChI=1S/C15H17BrN2O3S/c1-3-21-14-7-6-13(16)9-15(14)22(19,20)18-11(2)12-5-4-8-17-10-12/h4-11,18H,3H2,1-2H3. The number of aromatic nitrogens is 1. The van der Waals surface area contributed by atoms with Gasteiger partial charge in [-0.1, -0.05) is 22.0 Å². The van der Waals surface area contributed by atoms with Crippen LogP contribution in [0.3, 0.4) is 0 Å². The molecule has 0 saturated heterocycles. The monoisotopic (exact) mass is 384 g/mol. The lowest BCUT2D eigenvalue weighted by atomic mass is 10.2. The first-order valence-electron chi connectivity index (χ1n) is 6.78. The number of ether oxygens (including phenoxy) is 1. The Morgan fingerprint density at radius 2 is 2.14 bits per heavy atom. The molecule has 22 heavy (non-hydrogen) atoms. The van der Waals surface area contributed by atoms with Gasteiger partial charge in [0.05, 0.1) is 6.61 Å². The van der Waals surface area contributed by atoms with Crippen LogP contribution in [-0.4, -0.2) is 20.0 Å². The molecule has 2 rings (SSSR count). The van der Waals surface area contributed by atoms with E-state index in [4.69, 9.17) is 4.74 Å². The molecular weight excluding hydrogens is 368 g/mol. The van der Waals surface area contributed by atoms with Crippen molar-refractivity contribution in [3.8, 4) is 5.75 Å². The summed E-state index contributed by atoms with van der Waals surface area (Å²) in [6.07, 6.45) is 3.28. The molecule has 0 saturated carbocycles. The molecule has 0 radical (unpaired) electrons. The fourth-order valence-electron chi connectivity index (χ4n) is 1.96. The summed E-state index contributed by atoms with van der Waals surface area (Å²) in [5.74, 6) is 0.330. The Morgan fingerprint density at radius 1 is 1.36 bits per heavy atom. The van der Waals surface area contributed by atoms with Gasteiger partial charge in [-0.3, -0.25) is 4.98 Å². The van der Waals surface area contributed by atoms with Gasteiger partial charge in [0, 0.05) is 22.9 Å². The topological polar surface area (TPSA) is 68.3 Å². The van der Waals surface area contributed by atoms with Gasteiger partial charge >= 0.3 is 0 Å². The van der Waals surface area contributed by atoms with Crippen molar-refractivity contribution >= 4 is 26.0 Å². The first-order chi connectivity index (χ1) is 10.4. The number of halogens is 1. The molecule has 1 heterocycles. The largest absolute Gasteiger partial charge is 0.492 e. The van der Waals surface area contributed by atoms with Crippen molar-refractivity contribution in [1.29, 1.82) is 0 Å². The molecule has 1 atom stereocenters. The fourth-order valence-corrected chi connectivity index (χ4v) is 3.88. The van der Waals surface area contributed by atoms with E-state index in [9.17, 15) is 8.42 Å². The second-order valence-electron chi connectivity index (χ2n) is 4.65. The van der Waals surface area contributed by atoms with Crippen LogP contribution in [0.4, 0.5) is 0 Å². The zero-order valence-electron chi connectivity index (χ0n) is 12.3. The third kappa shape index (κ3) is 4.06. The highest BCUT2D eigenvalue weighted by Crippen LogP contribution is 2.28. The normalized spacial score (nSPS) is 12.9. The molecule has 1 aromatic heterocycles. The number of sulfonamides is 1. The number of hydrogen-bond donors (Lipinski definition) is 1. The average molecular weight is 385 g/mol. The minimum absolute atomic E-state index is 0.111. The lowest BCUT2D eigenvalue weighted by molar-refractivity contribution is 0.331. The lowest BCUT2D eigenvalue weighted by Crippen LogP contribution is -2.27. The highest BCUT2D eigenvalue weighted by atomic mass is 79.9. The second kappa shape index (κ2) is 7.21. The number of nitrogens with zero attached hydrogens (tertiary/aromatic N) is 1. The molecule has 0 aliphatic carbocycles. The van der Waals surface area contributed by atoms with E-state index in [0.717, 1.165) is 5.56 Å². The lowest BCUT2D eigenvalue weighted by Gasteiger charge is -2.16. The van der Waals surface area contributed by atoms with E-state index in [-0.39, 0.29) is 4.90 Å². The van der Waals surface area contributed by atoms with Gasteiger partial charge in [0.1, 0.15) is 10.6 Å². The van der Waals surface area contributed by atoms with Crippen molar-refractivity contribution in [1.82, 2.24) is 9.71 Å². The predicted octanol–water partition coefficient (Wildman–Crippen LogP) is 3.28. The number of hydrogen-bond acceptors (Lipinski definition) is 4. The molecule has 1 aromatic carbocycles. The third-order valence-electron chi connectivity index (χ3n) is 3.01. The smallest absolute Gasteiger partial charge is 0.244 e. The second-order valence-corrected chi connectivity index (χ2v) is 7.25. The molecule has 0 spiro atoms. The van der Waals surface area contributed by atoms with Crippen LogP contribution in [-0.2, 0) is 10.0 Å². The molecule has 0 amide bonds. The van der Waals surface area contributed by atoms with E-state index in [2.05, 4.69) is 25.6 Å². The van der Waals surface area contributed by atoms with Crippen LogP contribution in [0, 0.1) is 0 Å². The molecule has 5 nitrogen and oxygen atoms in total. The maximum atomic E-state index is 12.6. The summed E-state index contributed by atoms with van der Waals surface area (Å²) in [5.41, 5.74) is 0.791. The molecule has 118 valence electrons. The zero-order valence-corrected chi connectivity index (χ0v) is 14.7. The van der Waals surface area contributed by atoms with Crippen molar-refractivity contribution in [2.45, 2.75) is 24.8 Å². The molecular formula is C15H17BrN2O3S. The Morgan fingerprint density at radius 3 is 2.77 bits per heavy atom. The van der Waals surface area contributed by atoms with Crippen molar-refractivity contribution in [3.63, 3.8) is 0 Å². The maximum absolute atomic E-state index is 12.6. The Kier molecular flexibility index (Phi) is 5.55. The number of nitrogens with one attached hydrogen (secondary N) is 1. The molecule has 2 aromatic rings. The van der Waals surface area contributed by atoms with Crippen molar-refractivity contribution < 1.29 is 13.2 Å². The van der Waals surface area contributed by atoms with Crippen LogP contribution in [0.15, 0.2) is 52.1 Å². The summed E-state index contributed by atoms with van der Waals surface area (Å²) in [7, 11) is -3.72. The molecule has 1 N–H and O–H groups in total. The summed E-state index contributed by atoms with van der Waals surface area (Å²) in [6, 6.07) is 8.11. The van der Waals surface area contributed by atoms with Gasteiger partial charge in [0.15, 0.2) is 0 Å². The average Bonchev–Trinajstić information content (AvgIpc) is 2.49. The zero-order chi connectivity index (χ0) is 16.2. The van der Waals surface area contributed by atoms with Crippen LogP contribution in [0.5, 0.6) is 5.75 Å².